The van der Waals surface area contributed by atoms with Gasteiger partial charge >= 0.3 is 5.97 Å². The van der Waals surface area contributed by atoms with Crippen molar-refractivity contribution in [3.05, 3.63) is 47.3 Å². The van der Waals surface area contributed by atoms with Crippen molar-refractivity contribution in [3.63, 3.8) is 0 Å². The maximum Gasteiger partial charge on any atom is 0.354 e. The second-order valence-electron chi connectivity index (χ2n) is 4.23. The summed E-state index contributed by atoms with van der Waals surface area (Å²) in [4.78, 5) is 12.7. The molecule has 0 aliphatic carbocycles. The van der Waals surface area contributed by atoms with Gasteiger partial charge in [-0.25, -0.2) is 22.0 Å². The van der Waals surface area contributed by atoms with Gasteiger partial charge in [-0.3, -0.25) is 4.72 Å². The van der Waals surface area contributed by atoms with Gasteiger partial charge in [-0.1, -0.05) is 0 Å². The highest BCUT2D eigenvalue weighted by molar-refractivity contribution is 7.92. The first-order chi connectivity index (χ1) is 9.70. The third kappa shape index (κ3) is 3.02. The summed E-state index contributed by atoms with van der Waals surface area (Å²) in [6.07, 6.45) is 0. The monoisotopic (exact) mass is 316 g/mol. The minimum Gasteiger partial charge on any atom is -0.477 e. The van der Waals surface area contributed by atoms with Crippen molar-refractivity contribution in [1.82, 2.24) is 4.98 Å². The summed E-state index contributed by atoms with van der Waals surface area (Å²) in [6, 6.07) is 3.22. The summed E-state index contributed by atoms with van der Waals surface area (Å²) in [5, 5.41) is 8.95. The lowest BCUT2D eigenvalue weighted by atomic mass is 10.3. The average Bonchev–Trinajstić information content (AvgIpc) is 2.68. The first-order valence-electron chi connectivity index (χ1n) is 5.61. The number of carboxylic acids is 1. The van der Waals surface area contributed by atoms with Gasteiger partial charge in [0.2, 0.25) is 0 Å². The van der Waals surface area contributed by atoms with Crippen LogP contribution < -0.4 is 4.72 Å². The topological polar surface area (TPSA) is 99.3 Å². The molecule has 0 unspecified atom stereocenters. The van der Waals surface area contributed by atoms with Gasteiger partial charge in [0, 0.05) is 11.8 Å². The van der Waals surface area contributed by atoms with Crippen LogP contribution in [0.5, 0.6) is 0 Å². The molecule has 0 aliphatic rings. The largest absolute Gasteiger partial charge is 0.477 e. The first-order valence-corrected chi connectivity index (χ1v) is 7.10. The van der Waals surface area contributed by atoms with E-state index < -0.39 is 32.5 Å². The van der Waals surface area contributed by atoms with E-state index >= 15 is 0 Å². The van der Waals surface area contributed by atoms with Crippen LogP contribution in [0.3, 0.4) is 0 Å². The quantitative estimate of drug-likeness (QED) is 0.804. The number of aromatic amines is 1. The molecule has 0 fully saturated rings. The number of carbonyl (C=O) groups is 1. The third-order valence-corrected chi connectivity index (χ3v) is 3.99. The van der Waals surface area contributed by atoms with E-state index in [2.05, 4.69) is 4.98 Å². The number of rotatable bonds is 4. The number of halogens is 2. The molecule has 0 saturated carbocycles. The number of carboxylic acid groups (broad SMARTS) is 1. The Morgan fingerprint density at radius 1 is 1.29 bits per heavy atom. The predicted molar refractivity (Wildman–Crippen MR) is 69.7 cm³/mol. The lowest BCUT2D eigenvalue weighted by Gasteiger charge is -2.08. The SMILES string of the molecule is Cc1cc(NS(=O)(=O)c2ccc(F)cc2F)c(C(=O)O)[nH]1. The molecule has 3 N–H and O–H groups in total. The summed E-state index contributed by atoms with van der Waals surface area (Å²) in [7, 11) is -4.38. The lowest BCUT2D eigenvalue weighted by Crippen LogP contribution is -2.16. The van der Waals surface area contributed by atoms with Gasteiger partial charge in [0.1, 0.15) is 22.2 Å². The van der Waals surface area contributed by atoms with Crippen LogP contribution in [-0.4, -0.2) is 24.5 Å². The van der Waals surface area contributed by atoms with Gasteiger partial charge in [-0.05, 0) is 25.1 Å². The van der Waals surface area contributed by atoms with Crippen LogP contribution in [0.1, 0.15) is 16.2 Å². The van der Waals surface area contributed by atoms with Crippen molar-refractivity contribution in [2.75, 3.05) is 4.72 Å². The summed E-state index contributed by atoms with van der Waals surface area (Å²) in [5.41, 5.74) is -0.202. The lowest BCUT2D eigenvalue weighted by molar-refractivity contribution is 0.0692. The molecular formula is C12H10F2N2O4S. The van der Waals surface area contributed by atoms with E-state index in [0.717, 1.165) is 12.1 Å². The van der Waals surface area contributed by atoms with Crippen molar-refractivity contribution in [1.29, 1.82) is 0 Å². The molecule has 0 saturated heterocycles. The van der Waals surface area contributed by atoms with Crippen LogP contribution in [0.2, 0.25) is 0 Å². The van der Waals surface area contributed by atoms with Crippen molar-refractivity contribution >= 4 is 21.7 Å². The van der Waals surface area contributed by atoms with E-state index in [4.69, 9.17) is 5.11 Å². The number of aryl methyl sites for hydroxylation is 1. The minimum atomic E-state index is -4.38. The molecular weight excluding hydrogens is 306 g/mol. The van der Waals surface area contributed by atoms with E-state index in [0.29, 0.717) is 11.8 Å². The Hall–Kier alpha value is -2.42. The van der Waals surface area contributed by atoms with Crippen molar-refractivity contribution in [3.8, 4) is 0 Å². The molecule has 0 radical (unpaired) electrons. The van der Waals surface area contributed by atoms with Crippen molar-refractivity contribution < 1.29 is 27.1 Å². The summed E-state index contributed by atoms with van der Waals surface area (Å²) < 4.78 is 52.4. The standard InChI is InChI=1S/C12H10F2N2O4S/c1-6-4-9(11(15-6)12(17)18)16-21(19,20)10-3-2-7(13)5-8(10)14/h2-5,15-16H,1H3,(H,17,18). The van der Waals surface area contributed by atoms with Crippen LogP contribution in [0.15, 0.2) is 29.2 Å². The van der Waals surface area contributed by atoms with E-state index in [-0.39, 0.29) is 11.4 Å². The minimum absolute atomic E-state index is 0.233. The highest BCUT2D eigenvalue weighted by atomic mass is 32.2. The average molecular weight is 316 g/mol. The number of anilines is 1. The van der Waals surface area contributed by atoms with Gasteiger partial charge in [0.15, 0.2) is 0 Å². The van der Waals surface area contributed by atoms with Crippen LogP contribution in [0.4, 0.5) is 14.5 Å². The number of hydrogen-bond donors (Lipinski definition) is 3. The van der Waals surface area contributed by atoms with Gasteiger partial charge in [0.05, 0.1) is 5.69 Å². The fourth-order valence-corrected chi connectivity index (χ4v) is 2.85. The number of aromatic nitrogens is 1. The molecule has 0 amide bonds. The zero-order valence-electron chi connectivity index (χ0n) is 10.6. The first kappa shape index (κ1) is 15.0. The molecule has 112 valence electrons. The molecule has 0 atom stereocenters. The fraction of sp³-hybridized carbons (Fsp3) is 0.0833. The Bertz CT molecular complexity index is 815. The van der Waals surface area contributed by atoms with Crippen molar-refractivity contribution in [2.45, 2.75) is 11.8 Å². The van der Waals surface area contributed by atoms with Crippen molar-refractivity contribution in [2.24, 2.45) is 0 Å². The highest BCUT2D eigenvalue weighted by Crippen LogP contribution is 2.23. The normalized spacial score (nSPS) is 11.4. The predicted octanol–water partition coefficient (Wildman–Crippen LogP) is 2.10. The zero-order valence-corrected chi connectivity index (χ0v) is 11.5. The second kappa shape index (κ2) is 5.17. The maximum atomic E-state index is 13.5. The molecule has 9 heteroatoms. The molecule has 0 spiro atoms. The molecule has 2 aromatic rings. The summed E-state index contributed by atoms with van der Waals surface area (Å²) >= 11 is 0. The molecule has 6 nitrogen and oxygen atoms in total. The Balaban J connectivity index is 2.45. The molecule has 1 aromatic carbocycles. The zero-order chi connectivity index (χ0) is 15.8. The van der Waals surface area contributed by atoms with Crippen LogP contribution in [0, 0.1) is 18.6 Å². The fourth-order valence-electron chi connectivity index (χ4n) is 1.73. The molecule has 2 rings (SSSR count). The smallest absolute Gasteiger partial charge is 0.354 e. The number of nitrogens with one attached hydrogen (secondary N) is 2. The third-order valence-electron chi connectivity index (χ3n) is 2.59. The molecule has 21 heavy (non-hydrogen) atoms. The number of benzene rings is 1. The molecule has 1 heterocycles. The highest BCUT2D eigenvalue weighted by Gasteiger charge is 2.23. The second-order valence-corrected chi connectivity index (χ2v) is 5.88. The Labute approximate surface area is 118 Å². The van der Waals surface area contributed by atoms with E-state index in [9.17, 15) is 22.0 Å². The summed E-state index contributed by atoms with van der Waals surface area (Å²) in [5.74, 6) is -3.57. The van der Waals surface area contributed by atoms with E-state index in [1.165, 1.54) is 13.0 Å². The molecule has 0 bridgehead atoms. The Kier molecular flexibility index (Phi) is 3.69. The van der Waals surface area contributed by atoms with Crippen LogP contribution >= 0.6 is 0 Å². The van der Waals surface area contributed by atoms with Crippen LogP contribution in [0.25, 0.3) is 0 Å². The number of aromatic carboxylic acids is 1. The Morgan fingerprint density at radius 2 is 1.95 bits per heavy atom. The van der Waals surface area contributed by atoms with E-state index in [1.54, 1.807) is 0 Å². The van der Waals surface area contributed by atoms with Gasteiger partial charge in [-0.2, -0.15) is 0 Å². The maximum absolute atomic E-state index is 13.5. The molecule has 0 aliphatic heterocycles. The summed E-state index contributed by atoms with van der Waals surface area (Å²) in [6.45, 7) is 1.53. The van der Waals surface area contributed by atoms with Gasteiger partial charge in [0.25, 0.3) is 10.0 Å². The molecule has 1 aromatic heterocycles. The number of sulfonamides is 1. The number of hydrogen-bond acceptors (Lipinski definition) is 3. The van der Waals surface area contributed by atoms with Gasteiger partial charge < -0.3 is 10.1 Å². The Morgan fingerprint density at radius 3 is 2.52 bits per heavy atom. The van der Waals surface area contributed by atoms with Crippen LogP contribution in [-0.2, 0) is 10.0 Å². The van der Waals surface area contributed by atoms with Gasteiger partial charge in [-0.15, -0.1) is 0 Å². The van der Waals surface area contributed by atoms with E-state index in [1.807, 2.05) is 4.72 Å². The number of H-pyrrole nitrogens is 1.